The molecule has 21 heavy (non-hydrogen) atoms. The summed E-state index contributed by atoms with van der Waals surface area (Å²) in [6.07, 6.45) is -2.61. The van der Waals surface area contributed by atoms with Crippen molar-refractivity contribution in [3.05, 3.63) is 42.0 Å². The van der Waals surface area contributed by atoms with Gasteiger partial charge in [0, 0.05) is 0 Å². The minimum absolute atomic E-state index is 0.164. The molecule has 1 heterocycles. The Balaban J connectivity index is 1.86. The first-order chi connectivity index (χ1) is 10.1. The summed E-state index contributed by atoms with van der Waals surface area (Å²) < 4.78 is 10.5. The summed E-state index contributed by atoms with van der Waals surface area (Å²) in [6.45, 7) is -0.303. The SMILES string of the molecule is OC[C@H]1O[C@H](OCC=Cc2ccccc2)[C@@H](O)[C@@H](O)[C@@H]1O. The number of rotatable bonds is 5. The molecule has 116 valence electrons. The zero-order valence-corrected chi connectivity index (χ0v) is 11.4. The number of hydrogen-bond donors (Lipinski definition) is 4. The summed E-state index contributed by atoms with van der Waals surface area (Å²) in [5, 5.41) is 38.1. The molecule has 0 unspecified atom stereocenters. The van der Waals surface area contributed by atoms with Crippen molar-refractivity contribution in [3.8, 4) is 0 Å². The Bertz CT molecular complexity index is 447. The topological polar surface area (TPSA) is 99.4 Å². The van der Waals surface area contributed by atoms with Crippen LogP contribution in [0, 0.1) is 0 Å². The normalized spacial score (nSPS) is 33.4. The Labute approximate surface area is 122 Å². The summed E-state index contributed by atoms with van der Waals surface area (Å²) in [7, 11) is 0. The van der Waals surface area contributed by atoms with E-state index < -0.39 is 37.3 Å². The second kappa shape index (κ2) is 7.65. The van der Waals surface area contributed by atoms with Crippen LogP contribution in [0.1, 0.15) is 5.56 Å². The molecule has 4 N–H and O–H groups in total. The molecule has 0 radical (unpaired) electrons. The monoisotopic (exact) mass is 296 g/mol. The smallest absolute Gasteiger partial charge is 0.187 e. The van der Waals surface area contributed by atoms with Crippen molar-refractivity contribution in [2.45, 2.75) is 30.7 Å². The Morgan fingerprint density at radius 3 is 2.43 bits per heavy atom. The van der Waals surface area contributed by atoms with Crippen LogP contribution in [0.15, 0.2) is 36.4 Å². The van der Waals surface area contributed by atoms with Crippen LogP contribution < -0.4 is 0 Å². The maximum absolute atomic E-state index is 9.77. The van der Waals surface area contributed by atoms with Gasteiger partial charge in [-0.2, -0.15) is 0 Å². The lowest BCUT2D eigenvalue weighted by atomic mass is 9.99. The fraction of sp³-hybridized carbons (Fsp3) is 0.467. The first-order valence-corrected chi connectivity index (χ1v) is 6.77. The molecule has 1 aliphatic heterocycles. The predicted molar refractivity (Wildman–Crippen MR) is 75.2 cm³/mol. The molecule has 1 aliphatic rings. The van der Waals surface area contributed by atoms with Gasteiger partial charge in [-0.15, -0.1) is 0 Å². The van der Waals surface area contributed by atoms with Gasteiger partial charge < -0.3 is 29.9 Å². The number of hydrogen-bond acceptors (Lipinski definition) is 6. The third-order valence-electron chi connectivity index (χ3n) is 3.32. The highest BCUT2D eigenvalue weighted by Gasteiger charge is 2.43. The van der Waals surface area contributed by atoms with Crippen LogP contribution in [0.2, 0.25) is 0 Å². The minimum Gasteiger partial charge on any atom is -0.394 e. The summed E-state index contributed by atoms with van der Waals surface area (Å²) in [5.74, 6) is 0. The molecule has 0 saturated carbocycles. The van der Waals surface area contributed by atoms with Crippen molar-refractivity contribution >= 4 is 6.08 Å². The van der Waals surface area contributed by atoms with Crippen LogP contribution in [0.4, 0.5) is 0 Å². The van der Waals surface area contributed by atoms with Crippen LogP contribution in [0.3, 0.4) is 0 Å². The molecule has 0 spiro atoms. The van der Waals surface area contributed by atoms with Crippen molar-refractivity contribution < 1.29 is 29.9 Å². The second-order valence-corrected chi connectivity index (χ2v) is 4.84. The first kappa shape index (κ1) is 16.1. The van der Waals surface area contributed by atoms with Crippen LogP contribution >= 0.6 is 0 Å². The molecule has 0 bridgehead atoms. The van der Waals surface area contributed by atoms with E-state index in [0.717, 1.165) is 5.56 Å². The number of benzene rings is 1. The summed E-state index contributed by atoms with van der Waals surface area (Å²) >= 11 is 0. The average Bonchev–Trinajstić information content (AvgIpc) is 2.52. The average molecular weight is 296 g/mol. The van der Waals surface area contributed by atoms with Gasteiger partial charge in [-0.1, -0.05) is 42.5 Å². The van der Waals surface area contributed by atoms with E-state index in [4.69, 9.17) is 14.6 Å². The zero-order valence-electron chi connectivity index (χ0n) is 11.4. The highest BCUT2D eigenvalue weighted by Crippen LogP contribution is 2.21. The van der Waals surface area contributed by atoms with Crippen LogP contribution in [0.25, 0.3) is 6.08 Å². The van der Waals surface area contributed by atoms with E-state index in [1.807, 2.05) is 36.4 Å². The molecular weight excluding hydrogens is 276 g/mol. The van der Waals surface area contributed by atoms with E-state index in [1.165, 1.54) is 0 Å². The molecule has 1 aromatic rings. The standard InChI is InChI=1S/C15H20O6/c16-9-11-12(17)13(18)14(19)15(21-11)20-8-4-7-10-5-2-1-3-6-10/h1-7,11-19H,8-9H2/t11-,12-,13+,14+,15+/m1/s1. The summed E-state index contributed by atoms with van der Waals surface area (Å²) in [6, 6.07) is 9.62. The molecule has 6 heteroatoms. The maximum atomic E-state index is 9.77. The zero-order chi connectivity index (χ0) is 15.2. The van der Waals surface area contributed by atoms with Crippen molar-refractivity contribution in [2.24, 2.45) is 0 Å². The van der Waals surface area contributed by atoms with Gasteiger partial charge in [-0.3, -0.25) is 0 Å². The molecule has 1 fully saturated rings. The third kappa shape index (κ3) is 4.10. The summed E-state index contributed by atoms with van der Waals surface area (Å²) in [5.41, 5.74) is 1.01. The first-order valence-electron chi connectivity index (χ1n) is 6.77. The molecular formula is C15H20O6. The number of aliphatic hydroxyl groups excluding tert-OH is 4. The highest BCUT2D eigenvalue weighted by atomic mass is 16.7. The van der Waals surface area contributed by atoms with Gasteiger partial charge in [0.25, 0.3) is 0 Å². The number of ether oxygens (including phenoxy) is 2. The van der Waals surface area contributed by atoms with Crippen molar-refractivity contribution in [1.29, 1.82) is 0 Å². The third-order valence-corrected chi connectivity index (χ3v) is 3.32. The Hall–Kier alpha value is -1.28. The maximum Gasteiger partial charge on any atom is 0.187 e. The van der Waals surface area contributed by atoms with Gasteiger partial charge in [0.05, 0.1) is 13.2 Å². The van der Waals surface area contributed by atoms with E-state index >= 15 is 0 Å². The van der Waals surface area contributed by atoms with Crippen molar-refractivity contribution in [1.82, 2.24) is 0 Å². The van der Waals surface area contributed by atoms with Gasteiger partial charge in [0.2, 0.25) is 0 Å². The van der Waals surface area contributed by atoms with Crippen molar-refractivity contribution in [2.75, 3.05) is 13.2 Å². The molecule has 0 aliphatic carbocycles. The Morgan fingerprint density at radius 2 is 1.76 bits per heavy atom. The lowest BCUT2D eigenvalue weighted by molar-refractivity contribution is -0.298. The van der Waals surface area contributed by atoms with Crippen LogP contribution in [-0.4, -0.2) is 64.3 Å². The van der Waals surface area contributed by atoms with Gasteiger partial charge >= 0.3 is 0 Å². The van der Waals surface area contributed by atoms with E-state index in [2.05, 4.69) is 0 Å². The highest BCUT2D eigenvalue weighted by molar-refractivity contribution is 5.48. The van der Waals surface area contributed by atoms with Crippen molar-refractivity contribution in [3.63, 3.8) is 0 Å². The lowest BCUT2D eigenvalue weighted by Gasteiger charge is -2.39. The molecule has 0 aromatic heterocycles. The van der Waals surface area contributed by atoms with E-state index in [9.17, 15) is 15.3 Å². The minimum atomic E-state index is -1.42. The van der Waals surface area contributed by atoms with Crippen LogP contribution in [0.5, 0.6) is 0 Å². The molecule has 5 atom stereocenters. The quantitative estimate of drug-likeness (QED) is 0.585. The Morgan fingerprint density at radius 1 is 1.05 bits per heavy atom. The molecule has 1 saturated heterocycles. The van der Waals surface area contributed by atoms with Gasteiger partial charge in [-0.05, 0) is 5.56 Å². The van der Waals surface area contributed by atoms with E-state index in [-0.39, 0.29) is 6.61 Å². The largest absolute Gasteiger partial charge is 0.394 e. The van der Waals surface area contributed by atoms with E-state index in [1.54, 1.807) is 6.08 Å². The van der Waals surface area contributed by atoms with E-state index in [0.29, 0.717) is 0 Å². The van der Waals surface area contributed by atoms with Gasteiger partial charge in [-0.25, -0.2) is 0 Å². The fourth-order valence-electron chi connectivity index (χ4n) is 2.10. The van der Waals surface area contributed by atoms with Crippen LogP contribution in [-0.2, 0) is 9.47 Å². The molecule has 0 amide bonds. The Kier molecular flexibility index (Phi) is 5.86. The molecule has 6 nitrogen and oxygen atoms in total. The second-order valence-electron chi connectivity index (χ2n) is 4.84. The summed E-state index contributed by atoms with van der Waals surface area (Å²) in [4.78, 5) is 0. The number of aliphatic hydroxyl groups is 4. The predicted octanol–water partition coefficient (Wildman–Crippen LogP) is -0.484. The van der Waals surface area contributed by atoms with Gasteiger partial charge in [0.1, 0.15) is 24.4 Å². The molecule has 1 aromatic carbocycles. The van der Waals surface area contributed by atoms with Gasteiger partial charge in [0.15, 0.2) is 6.29 Å². The molecule has 2 rings (SSSR count). The lowest BCUT2D eigenvalue weighted by Crippen LogP contribution is -2.59. The fourth-order valence-corrected chi connectivity index (χ4v) is 2.10.